The van der Waals surface area contributed by atoms with Gasteiger partial charge in [0.05, 0.1) is 6.54 Å². The van der Waals surface area contributed by atoms with Gasteiger partial charge in [-0.25, -0.2) is 4.79 Å². The summed E-state index contributed by atoms with van der Waals surface area (Å²) in [5, 5.41) is 0. The summed E-state index contributed by atoms with van der Waals surface area (Å²) in [5.41, 5.74) is 0.428. The number of alkyl halides is 3. The molecule has 1 aromatic carbocycles. The Labute approximate surface area is 99.6 Å². The summed E-state index contributed by atoms with van der Waals surface area (Å²) < 4.78 is 40.9. The van der Waals surface area contributed by atoms with E-state index in [-0.39, 0.29) is 18.0 Å². The second-order valence-corrected chi connectivity index (χ2v) is 3.58. The zero-order valence-electron chi connectivity index (χ0n) is 9.07. The molecule has 0 aliphatic carbocycles. The van der Waals surface area contributed by atoms with E-state index >= 15 is 0 Å². The maximum atomic E-state index is 11.9. The van der Waals surface area contributed by atoms with E-state index in [0.717, 1.165) is 0 Å². The van der Waals surface area contributed by atoms with E-state index in [4.69, 9.17) is 0 Å². The van der Waals surface area contributed by atoms with Crippen LogP contribution in [0.1, 0.15) is 5.56 Å². The summed E-state index contributed by atoms with van der Waals surface area (Å²) in [6.07, 6.45) is -1.65. The predicted molar refractivity (Wildman–Crippen MR) is 57.3 cm³/mol. The summed E-state index contributed by atoms with van der Waals surface area (Å²) >= 11 is 0. The van der Waals surface area contributed by atoms with Crippen molar-refractivity contribution < 1.29 is 17.9 Å². The van der Waals surface area contributed by atoms with Crippen molar-refractivity contribution in [3.8, 4) is 5.75 Å². The highest BCUT2D eigenvalue weighted by Gasteiger charge is 2.30. The van der Waals surface area contributed by atoms with E-state index in [9.17, 15) is 18.0 Å². The largest absolute Gasteiger partial charge is 0.573 e. The zero-order chi connectivity index (χ0) is 13.2. The third kappa shape index (κ3) is 3.16. The second kappa shape index (κ2) is 4.59. The van der Waals surface area contributed by atoms with Crippen LogP contribution in [-0.2, 0) is 6.54 Å². The monoisotopic (exact) mass is 258 g/mol. The van der Waals surface area contributed by atoms with Gasteiger partial charge in [-0.15, -0.1) is 13.2 Å². The first-order chi connectivity index (χ1) is 8.44. The molecular weight excluding hydrogens is 249 g/mol. The molecule has 2 rings (SSSR count). The topological polar surface area (TPSA) is 47.0 Å². The Balaban J connectivity index is 2.09. The fourth-order valence-electron chi connectivity index (χ4n) is 1.47. The lowest BCUT2D eigenvalue weighted by Gasteiger charge is -2.09. The van der Waals surface area contributed by atoms with Crippen molar-refractivity contribution in [2.24, 2.45) is 0 Å². The third-order valence-electron chi connectivity index (χ3n) is 2.23. The van der Waals surface area contributed by atoms with Crippen LogP contribution in [0, 0.1) is 0 Å². The van der Waals surface area contributed by atoms with Gasteiger partial charge in [0, 0.05) is 12.4 Å². The molecule has 0 unspecified atom stereocenters. The van der Waals surface area contributed by atoms with Crippen molar-refractivity contribution in [3.05, 3.63) is 52.7 Å². The fraction of sp³-hybridized carbons (Fsp3) is 0.182. The van der Waals surface area contributed by atoms with Gasteiger partial charge >= 0.3 is 12.1 Å². The fourth-order valence-corrected chi connectivity index (χ4v) is 1.47. The minimum Gasteiger partial charge on any atom is -0.406 e. The van der Waals surface area contributed by atoms with E-state index in [1.165, 1.54) is 35.0 Å². The van der Waals surface area contributed by atoms with Crippen molar-refractivity contribution in [2.75, 3.05) is 0 Å². The van der Waals surface area contributed by atoms with Crippen LogP contribution < -0.4 is 10.4 Å². The molecule has 0 saturated carbocycles. The number of nitrogens with zero attached hydrogens (tertiary/aromatic N) is 1. The van der Waals surface area contributed by atoms with Gasteiger partial charge in [-0.05, 0) is 17.7 Å². The number of rotatable bonds is 3. The molecule has 1 N–H and O–H groups in total. The zero-order valence-corrected chi connectivity index (χ0v) is 9.07. The normalized spacial score (nSPS) is 11.5. The highest BCUT2D eigenvalue weighted by molar-refractivity contribution is 5.27. The number of imidazole rings is 1. The van der Waals surface area contributed by atoms with E-state index in [2.05, 4.69) is 9.72 Å². The van der Waals surface area contributed by atoms with Gasteiger partial charge in [-0.3, -0.25) is 4.57 Å². The lowest BCUT2D eigenvalue weighted by molar-refractivity contribution is -0.274. The summed E-state index contributed by atoms with van der Waals surface area (Å²) in [5.74, 6) is -0.285. The van der Waals surface area contributed by atoms with Gasteiger partial charge in [0.25, 0.3) is 0 Å². The highest BCUT2D eigenvalue weighted by Crippen LogP contribution is 2.22. The smallest absolute Gasteiger partial charge is 0.406 e. The van der Waals surface area contributed by atoms with Gasteiger partial charge in [-0.2, -0.15) is 0 Å². The molecule has 2 aromatic rings. The van der Waals surface area contributed by atoms with Crippen LogP contribution in [0.2, 0.25) is 0 Å². The number of H-pyrrole nitrogens is 1. The lowest BCUT2D eigenvalue weighted by atomic mass is 10.2. The number of benzene rings is 1. The van der Waals surface area contributed by atoms with Gasteiger partial charge in [0.2, 0.25) is 0 Å². The van der Waals surface area contributed by atoms with Crippen molar-refractivity contribution in [3.63, 3.8) is 0 Å². The average Bonchev–Trinajstić information content (AvgIpc) is 2.65. The number of hydrogen-bond acceptors (Lipinski definition) is 2. The summed E-state index contributed by atoms with van der Waals surface area (Å²) in [6, 6.07) is 5.36. The Bertz CT molecular complexity index is 569. The molecule has 0 aliphatic heterocycles. The Morgan fingerprint density at radius 1 is 1.22 bits per heavy atom. The molecule has 18 heavy (non-hydrogen) atoms. The van der Waals surface area contributed by atoms with Gasteiger partial charge in [0.15, 0.2) is 0 Å². The molecule has 0 amide bonds. The van der Waals surface area contributed by atoms with Crippen LogP contribution in [-0.4, -0.2) is 15.9 Å². The van der Waals surface area contributed by atoms with Crippen LogP contribution in [0.5, 0.6) is 5.75 Å². The first-order valence-electron chi connectivity index (χ1n) is 5.02. The van der Waals surface area contributed by atoms with Crippen molar-refractivity contribution in [1.29, 1.82) is 0 Å². The number of aromatic amines is 1. The molecule has 0 aliphatic rings. The molecule has 1 aromatic heterocycles. The third-order valence-corrected chi connectivity index (χ3v) is 2.23. The van der Waals surface area contributed by atoms with Crippen LogP contribution in [0.25, 0.3) is 0 Å². The number of nitrogens with one attached hydrogen (secondary N) is 1. The molecule has 96 valence electrons. The number of aromatic nitrogens is 2. The quantitative estimate of drug-likeness (QED) is 0.916. The van der Waals surface area contributed by atoms with Gasteiger partial charge in [-0.1, -0.05) is 12.1 Å². The molecule has 7 heteroatoms. The predicted octanol–water partition coefficient (Wildman–Crippen LogP) is 2.12. The van der Waals surface area contributed by atoms with Crippen LogP contribution >= 0.6 is 0 Å². The van der Waals surface area contributed by atoms with Gasteiger partial charge < -0.3 is 9.72 Å². The molecular formula is C11H9F3N2O2. The van der Waals surface area contributed by atoms with Crippen LogP contribution in [0.15, 0.2) is 41.5 Å². The van der Waals surface area contributed by atoms with Crippen molar-refractivity contribution in [2.45, 2.75) is 12.9 Å². The maximum absolute atomic E-state index is 11.9. The van der Waals surface area contributed by atoms with E-state index in [0.29, 0.717) is 5.56 Å². The molecule has 1 heterocycles. The summed E-state index contributed by atoms with van der Waals surface area (Å²) in [4.78, 5) is 13.7. The Morgan fingerprint density at radius 3 is 2.39 bits per heavy atom. The Morgan fingerprint density at radius 2 is 1.89 bits per heavy atom. The van der Waals surface area contributed by atoms with Crippen molar-refractivity contribution >= 4 is 0 Å². The number of ether oxygens (including phenoxy) is 1. The standard InChI is InChI=1S/C11H9F3N2O2/c12-11(13,14)18-9-3-1-8(2-4-9)7-16-6-5-15-10(16)17/h1-6H,7H2,(H,15,17). The molecule has 0 saturated heterocycles. The molecule has 4 nitrogen and oxygen atoms in total. The first-order valence-corrected chi connectivity index (χ1v) is 5.02. The Hall–Kier alpha value is -2.18. The first kappa shape index (κ1) is 12.3. The van der Waals surface area contributed by atoms with Crippen LogP contribution in [0.3, 0.4) is 0 Å². The second-order valence-electron chi connectivity index (χ2n) is 3.58. The van der Waals surface area contributed by atoms with Crippen LogP contribution in [0.4, 0.5) is 13.2 Å². The molecule has 0 radical (unpaired) electrons. The molecule has 0 fully saturated rings. The molecule has 0 bridgehead atoms. The van der Waals surface area contributed by atoms with E-state index < -0.39 is 6.36 Å². The minimum absolute atomic E-state index is 0.273. The summed E-state index contributed by atoms with van der Waals surface area (Å²) in [7, 11) is 0. The van der Waals surface area contributed by atoms with E-state index in [1.807, 2.05) is 0 Å². The Kier molecular flexibility index (Phi) is 3.14. The van der Waals surface area contributed by atoms with Crippen molar-refractivity contribution in [1.82, 2.24) is 9.55 Å². The maximum Gasteiger partial charge on any atom is 0.573 e. The SMILES string of the molecule is O=c1[nH]ccn1Cc1ccc(OC(F)(F)F)cc1. The highest BCUT2D eigenvalue weighted by atomic mass is 19.4. The number of hydrogen-bond donors (Lipinski definition) is 1. The lowest BCUT2D eigenvalue weighted by Crippen LogP contribution is -2.18. The van der Waals surface area contributed by atoms with E-state index in [1.54, 1.807) is 6.20 Å². The van der Waals surface area contributed by atoms with Gasteiger partial charge in [0.1, 0.15) is 5.75 Å². The molecule has 0 spiro atoms. The minimum atomic E-state index is -4.70. The molecule has 0 atom stereocenters. The summed E-state index contributed by atoms with van der Waals surface area (Å²) in [6.45, 7) is 0.286. The average molecular weight is 258 g/mol. The number of halogens is 3.